The highest BCUT2D eigenvalue weighted by Crippen LogP contribution is 2.30. The van der Waals surface area contributed by atoms with E-state index in [1.165, 1.54) is 11.5 Å². The third kappa shape index (κ3) is 3.64. The third-order valence-corrected chi connectivity index (χ3v) is 5.60. The maximum absolute atomic E-state index is 13.2. The Labute approximate surface area is 193 Å². The second-order valence-electron chi connectivity index (χ2n) is 7.57. The van der Waals surface area contributed by atoms with Crippen molar-refractivity contribution in [1.82, 2.24) is 24.4 Å². The predicted molar refractivity (Wildman–Crippen MR) is 128 cm³/mol. The van der Waals surface area contributed by atoms with Gasteiger partial charge in [0.05, 0.1) is 11.3 Å². The minimum atomic E-state index is -0.313. The first-order valence-corrected chi connectivity index (χ1v) is 10.8. The van der Waals surface area contributed by atoms with E-state index in [-0.39, 0.29) is 17.0 Å². The van der Waals surface area contributed by atoms with Gasteiger partial charge in [-0.3, -0.25) is 14.2 Å². The first-order valence-electron chi connectivity index (χ1n) is 10.4. The number of pyridine rings is 1. The van der Waals surface area contributed by atoms with Gasteiger partial charge in [0, 0.05) is 29.5 Å². The van der Waals surface area contributed by atoms with Gasteiger partial charge in [0.25, 0.3) is 5.56 Å². The number of nitrogens with one attached hydrogen (secondary N) is 1. The number of fused-ring (bicyclic) bond motifs is 3. The Balaban J connectivity index is 1.67. The number of hydrogen-bond acceptors (Lipinski definition) is 5. The van der Waals surface area contributed by atoms with Crippen molar-refractivity contribution in [2.24, 2.45) is 0 Å². The number of aromatic nitrogens is 5. The van der Waals surface area contributed by atoms with Crippen LogP contribution < -0.4 is 10.9 Å². The first-order chi connectivity index (χ1) is 16.0. The Bertz CT molecular complexity index is 1590. The normalized spacial score (nSPS) is 11.2. The van der Waals surface area contributed by atoms with Crippen LogP contribution in [0.2, 0.25) is 5.02 Å². The van der Waals surface area contributed by atoms with E-state index in [4.69, 9.17) is 16.7 Å². The minimum absolute atomic E-state index is 0.160. The Morgan fingerprint density at radius 2 is 1.88 bits per heavy atom. The van der Waals surface area contributed by atoms with Crippen molar-refractivity contribution < 1.29 is 4.79 Å². The molecular formula is C24H19ClN6O2. The molecule has 0 bridgehead atoms. The van der Waals surface area contributed by atoms with Crippen LogP contribution in [0.4, 0.5) is 5.69 Å². The molecule has 3 heterocycles. The quantitative estimate of drug-likeness (QED) is 0.434. The van der Waals surface area contributed by atoms with E-state index in [0.29, 0.717) is 34.0 Å². The first kappa shape index (κ1) is 20.8. The smallest absolute Gasteiger partial charge is 0.285 e. The average Bonchev–Trinajstić information content (AvgIpc) is 3.19. The second kappa shape index (κ2) is 8.14. The van der Waals surface area contributed by atoms with Crippen LogP contribution in [0.3, 0.4) is 0 Å². The zero-order chi connectivity index (χ0) is 23.1. The summed E-state index contributed by atoms with van der Waals surface area (Å²) in [4.78, 5) is 24.5. The summed E-state index contributed by atoms with van der Waals surface area (Å²) in [7, 11) is 0. The lowest BCUT2D eigenvalue weighted by molar-refractivity contribution is -0.114. The van der Waals surface area contributed by atoms with E-state index in [1.807, 2.05) is 31.2 Å². The summed E-state index contributed by atoms with van der Waals surface area (Å²) in [6, 6.07) is 16.3. The van der Waals surface area contributed by atoms with Crippen LogP contribution in [0.25, 0.3) is 33.5 Å². The van der Waals surface area contributed by atoms with Crippen LogP contribution in [0, 0.1) is 0 Å². The molecule has 2 aromatic carbocycles. The summed E-state index contributed by atoms with van der Waals surface area (Å²) in [5, 5.41) is 16.7. The maximum Gasteiger partial charge on any atom is 0.285 e. The fraction of sp³-hybridized carbons (Fsp3) is 0.125. The standard InChI is InChI=1S/C24H19ClN6O2/c1-3-19-21(15-5-4-6-16(25)13-15)23-28-27-22-20(31(23)29-19)11-12-30(24(22)33)18-9-7-17(8-10-18)26-14(2)32/h4-13H,3H2,1-2H3,(H,26,32). The molecule has 1 amide bonds. The van der Waals surface area contributed by atoms with Gasteiger partial charge in [0.2, 0.25) is 5.91 Å². The van der Waals surface area contributed by atoms with E-state index >= 15 is 0 Å². The number of carbonyl (C=O) groups excluding carboxylic acids is 1. The Morgan fingerprint density at radius 3 is 2.58 bits per heavy atom. The molecule has 9 heteroatoms. The van der Waals surface area contributed by atoms with Crippen LogP contribution >= 0.6 is 11.6 Å². The second-order valence-corrected chi connectivity index (χ2v) is 8.01. The van der Waals surface area contributed by atoms with E-state index in [0.717, 1.165) is 16.8 Å². The molecule has 0 saturated carbocycles. The molecule has 33 heavy (non-hydrogen) atoms. The van der Waals surface area contributed by atoms with Gasteiger partial charge in [-0.1, -0.05) is 30.7 Å². The molecular weight excluding hydrogens is 440 g/mol. The highest BCUT2D eigenvalue weighted by molar-refractivity contribution is 6.30. The molecule has 5 rings (SSSR count). The number of benzene rings is 2. The molecule has 0 fully saturated rings. The number of nitrogens with zero attached hydrogens (tertiary/aromatic N) is 5. The summed E-state index contributed by atoms with van der Waals surface area (Å²) >= 11 is 6.21. The van der Waals surface area contributed by atoms with Gasteiger partial charge >= 0.3 is 0 Å². The van der Waals surface area contributed by atoms with Crippen LogP contribution in [-0.2, 0) is 11.2 Å². The number of carbonyl (C=O) groups is 1. The summed E-state index contributed by atoms with van der Waals surface area (Å²) < 4.78 is 3.16. The monoisotopic (exact) mass is 458 g/mol. The zero-order valence-electron chi connectivity index (χ0n) is 17.9. The molecule has 0 unspecified atom stereocenters. The summed E-state index contributed by atoms with van der Waals surface area (Å²) in [5.41, 5.74) is 4.92. The number of halogens is 1. The molecule has 3 aromatic heterocycles. The molecule has 0 spiro atoms. The Hall–Kier alpha value is -4.04. The highest BCUT2D eigenvalue weighted by atomic mass is 35.5. The molecule has 0 saturated heterocycles. The van der Waals surface area contributed by atoms with Crippen molar-refractivity contribution in [3.63, 3.8) is 0 Å². The lowest BCUT2D eigenvalue weighted by Gasteiger charge is -2.09. The van der Waals surface area contributed by atoms with Gasteiger partial charge < -0.3 is 5.32 Å². The molecule has 164 valence electrons. The van der Waals surface area contributed by atoms with Gasteiger partial charge in [-0.2, -0.15) is 5.10 Å². The largest absolute Gasteiger partial charge is 0.326 e. The maximum atomic E-state index is 13.2. The van der Waals surface area contributed by atoms with E-state index in [1.54, 1.807) is 41.0 Å². The fourth-order valence-corrected chi connectivity index (χ4v) is 4.08. The van der Waals surface area contributed by atoms with E-state index in [2.05, 4.69) is 15.5 Å². The van der Waals surface area contributed by atoms with Crippen molar-refractivity contribution in [1.29, 1.82) is 0 Å². The van der Waals surface area contributed by atoms with Gasteiger partial charge in [0.15, 0.2) is 11.2 Å². The topological polar surface area (TPSA) is 94.2 Å². The number of rotatable bonds is 4. The van der Waals surface area contributed by atoms with Crippen molar-refractivity contribution in [3.8, 4) is 16.8 Å². The van der Waals surface area contributed by atoms with Crippen LogP contribution in [-0.4, -0.2) is 30.3 Å². The predicted octanol–water partition coefficient (Wildman–Crippen LogP) is 4.27. The number of anilines is 1. The zero-order valence-corrected chi connectivity index (χ0v) is 18.7. The van der Waals surface area contributed by atoms with Gasteiger partial charge in [-0.05, 0) is 54.4 Å². The van der Waals surface area contributed by atoms with Gasteiger partial charge in [0.1, 0.15) is 5.52 Å². The number of amides is 1. The lowest BCUT2D eigenvalue weighted by Crippen LogP contribution is -2.20. The minimum Gasteiger partial charge on any atom is -0.326 e. The Morgan fingerprint density at radius 1 is 1.09 bits per heavy atom. The number of aryl methyl sites for hydroxylation is 1. The van der Waals surface area contributed by atoms with Crippen molar-refractivity contribution in [3.05, 3.63) is 81.9 Å². The third-order valence-electron chi connectivity index (χ3n) is 5.37. The lowest BCUT2D eigenvalue weighted by atomic mass is 10.0. The summed E-state index contributed by atoms with van der Waals surface area (Å²) in [5.74, 6) is -0.160. The average molecular weight is 459 g/mol. The van der Waals surface area contributed by atoms with Crippen LogP contribution in [0.15, 0.2) is 65.6 Å². The molecule has 0 aliphatic carbocycles. The van der Waals surface area contributed by atoms with Gasteiger partial charge in [-0.25, -0.2) is 4.52 Å². The summed E-state index contributed by atoms with van der Waals surface area (Å²) in [6.07, 6.45) is 2.37. The molecule has 0 radical (unpaired) electrons. The molecule has 8 nitrogen and oxygen atoms in total. The molecule has 0 aliphatic heterocycles. The number of hydrogen-bond donors (Lipinski definition) is 1. The van der Waals surface area contributed by atoms with E-state index < -0.39 is 0 Å². The van der Waals surface area contributed by atoms with Crippen molar-refractivity contribution >= 4 is 39.9 Å². The van der Waals surface area contributed by atoms with Crippen molar-refractivity contribution in [2.75, 3.05) is 5.32 Å². The molecule has 0 aliphatic rings. The van der Waals surface area contributed by atoms with Crippen molar-refractivity contribution in [2.45, 2.75) is 20.3 Å². The highest BCUT2D eigenvalue weighted by Gasteiger charge is 2.19. The Kier molecular flexibility index (Phi) is 5.14. The fourth-order valence-electron chi connectivity index (χ4n) is 3.89. The van der Waals surface area contributed by atoms with Gasteiger partial charge in [-0.15, -0.1) is 10.2 Å². The van der Waals surface area contributed by atoms with E-state index in [9.17, 15) is 9.59 Å². The molecule has 1 N–H and O–H groups in total. The van der Waals surface area contributed by atoms with Crippen LogP contribution in [0.5, 0.6) is 0 Å². The molecule has 0 atom stereocenters. The summed E-state index contributed by atoms with van der Waals surface area (Å²) in [6.45, 7) is 3.46. The molecule has 5 aromatic rings. The van der Waals surface area contributed by atoms with Crippen LogP contribution in [0.1, 0.15) is 19.5 Å². The SMILES string of the molecule is CCc1nn2c(nnc3c(=O)n(-c4ccc(NC(C)=O)cc4)ccc32)c1-c1cccc(Cl)c1.